The highest BCUT2D eigenvalue weighted by atomic mass is 16.5. The normalized spacial score (nSPS) is 10.6. The molecule has 0 radical (unpaired) electrons. The van der Waals surface area contributed by atoms with Crippen LogP contribution in [0.5, 0.6) is 0 Å². The molecule has 1 aromatic carbocycles. The van der Waals surface area contributed by atoms with Gasteiger partial charge in [-0.05, 0) is 44.4 Å². The highest BCUT2D eigenvalue weighted by Gasteiger charge is 2.10. The van der Waals surface area contributed by atoms with Crippen LogP contribution >= 0.6 is 0 Å². The molecule has 0 fully saturated rings. The van der Waals surface area contributed by atoms with E-state index in [1.165, 1.54) is 0 Å². The Labute approximate surface area is 124 Å². The molecule has 0 aliphatic carbocycles. The van der Waals surface area contributed by atoms with Crippen LogP contribution in [0.25, 0.3) is 0 Å². The standard InChI is InChI=1S/C16H21N3O2/c1-11-15(12(2)21-19-11)7-8-16(20)18-10-9-13-3-5-14(17)6-4-13/h3-6H,7-10,17H2,1-2H3,(H,18,20). The first-order chi connectivity index (χ1) is 10.1. The lowest BCUT2D eigenvalue weighted by molar-refractivity contribution is -0.121. The fraction of sp³-hybridized carbons (Fsp3) is 0.375. The van der Waals surface area contributed by atoms with Crippen LogP contribution in [0.4, 0.5) is 5.69 Å². The van der Waals surface area contributed by atoms with E-state index in [4.69, 9.17) is 10.3 Å². The predicted octanol–water partition coefficient (Wildman–Crippen LogP) is 2.17. The van der Waals surface area contributed by atoms with Gasteiger partial charge in [-0.25, -0.2) is 0 Å². The van der Waals surface area contributed by atoms with Crippen molar-refractivity contribution < 1.29 is 9.32 Å². The van der Waals surface area contributed by atoms with Gasteiger partial charge in [0.25, 0.3) is 0 Å². The molecule has 0 atom stereocenters. The zero-order valence-corrected chi connectivity index (χ0v) is 12.5. The van der Waals surface area contributed by atoms with Gasteiger partial charge in [0.05, 0.1) is 5.69 Å². The van der Waals surface area contributed by atoms with Crippen LogP contribution < -0.4 is 11.1 Å². The number of carbonyl (C=O) groups is 1. The first-order valence-electron chi connectivity index (χ1n) is 7.09. The average molecular weight is 287 g/mol. The van der Waals surface area contributed by atoms with Crippen molar-refractivity contribution in [1.29, 1.82) is 0 Å². The third-order valence-corrected chi connectivity index (χ3v) is 3.50. The molecule has 5 heteroatoms. The minimum atomic E-state index is 0.0467. The summed E-state index contributed by atoms with van der Waals surface area (Å²) in [5, 5.41) is 6.81. The number of carbonyl (C=O) groups excluding carboxylic acids is 1. The monoisotopic (exact) mass is 287 g/mol. The smallest absolute Gasteiger partial charge is 0.220 e. The molecule has 0 bridgehead atoms. The number of aryl methyl sites for hydroxylation is 2. The van der Waals surface area contributed by atoms with E-state index in [1.807, 2.05) is 38.1 Å². The molecule has 0 aliphatic rings. The zero-order chi connectivity index (χ0) is 15.2. The second-order valence-corrected chi connectivity index (χ2v) is 5.14. The Kier molecular flexibility index (Phi) is 4.98. The Morgan fingerprint density at radius 1 is 1.24 bits per heavy atom. The SMILES string of the molecule is Cc1noc(C)c1CCC(=O)NCCc1ccc(N)cc1. The third-order valence-electron chi connectivity index (χ3n) is 3.50. The maximum Gasteiger partial charge on any atom is 0.220 e. The largest absolute Gasteiger partial charge is 0.399 e. The fourth-order valence-corrected chi connectivity index (χ4v) is 2.22. The van der Waals surface area contributed by atoms with E-state index in [0.29, 0.717) is 19.4 Å². The van der Waals surface area contributed by atoms with Crippen LogP contribution in [0.1, 0.15) is 29.0 Å². The van der Waals surface area contributed by atoms with Gasteiger partial charge in [0.15, 0.2) is 0 Å². The van der Waals surface area contributed by atoms with Gasteiger partial charge >= 0.3 is 0 Å². The average Bonchev–Trinajstić information content (AvgIpc) is 2.78. The molecule has 1 heterocycles. The number of benzene rings is 1. The number of rotatable bonds is 6. The summed E-state index contributed by atoms with van der Waals surface area (Å²) in [7, 11) is 0. The van der Waals surface area contributed by atoms with Crippen molar-refractivity contribution >= 4 is 11.6 Å². The fourth-order valence-electron chi connectivity index (χ4n) is 2.22. The van der Waals surface area contributed by atoms with Crippen molar-refractivity contribution in [2.45, 2.75) is 33.1 Å². The van der Waals surface area contributed by atoms with Gasteiger partial charge in [-0.1, -0.05) is 17.3 Å². The third kappa shape index (κ3) is 4.34. The Hall–Kier alpha value is -2.30. The van der Waals surface area contributed by atoms with E-state index in [9.17, 15) is 4.79 Å². The van der Waals surface area contributed by atoms with Gasteiger partial charge in [0.2, 0.25) is 5.91 Å². The van der Waals surface area contributed by atoms with Crippen LogP contribution in [0.15, 0.2) is 28.8 Å². The van der Waals surface area contributed by atoms with Crippen molar-refractivity contribution in [3.05, 3.63) is 46.8 Å². The second-order valence-electron chi connectivity index (χ2n) is 5.14. The maximum atomic E-state index is 11.8. The quantitative estimate of drug-likeness (QED) is 0.798. The summed E-state index contributed by atoms with van der Waals surface area (Å²) in [6, 6.07) is 7.69. The molecule has 3 N–H and O–H groups in total. The number of hydrogen-bond acceptors (Lipinski definition) is 4. The first kappa shape index (κ1) is 15.1. The van der Waals surface area contributed by atoms with Crippen LogP contribution in [0.3, 0.4) is 0 Å². The molecule has 2 aromatic rings. The molecule has 112 valence electrons. The molecule has 0 spiro atoms. The van der Waals surface area contributed by atoms with Crippen LogP contribution in [0.2, 0.25) is 0 Å². The highest BCUT2D eigenvalue weighted by molar-refractivity contribution is 5.76. The van der Waals surface area contributed by atoms with E-state index >= 15 is 0 Å². The van der Waals surface area contributed by atoms with E-state index in [2.05, 4.69) is 10.5 Å². The van der Waals surface area contributed by atoms with Gasteiger partial charge in [0.1, 0.15) is 5.76 Å². The molecule has 1 amide bonds. The Morgan fingerprint density at radius 2 is 1.95 bits per heavy atom. The van der Waals surface area contributed by atoms with Crippen molar-refractivity contribution in [3.63, 3.8) is 0 Å². The number of aromatic nitrogens is 1. The lowest BCUT2D eigenvalue weighted by Gasteiger charge is -2.06. The second kappa shape index (κ2) is 6.92. The molecule has 0 saturated heterocycles. The van der Waals surface area contributed by atoms with Crippen LogP contribution in [-0.4, -0.2) is 17.6 Å². The zero-order valence-electron chi connectivity index (χ0n) is 12.5. The van der Waals surface area contributed by atoms with Crippen LogP contribution in [0, 0.1) is 13.8 Å². The maximum absolute atomic E-state index is 11.8. The van der Waals surface area contributed by atoms with Crippen molar-refractivity contribution in [3.8, 4) is 0 Å². The number of nitrogens with zero attached hydrogens (tertiary/aromatic N) is 1. The summed E-state index contributed by atoms with van der Waals surface area (Å²) in [4.78, 5) is 11.8. The molecule has 0 saturated carbocycles. The number of nitrogens with one attached hydrogen (secondary N) is 1. The molecule has 5 nitrogen and oxygen atoms in total. The minimum absolute atomic E-state index is 0.0467. The van der Waals surface area contributed by atoms with E-state index < -0.39 is 0 Å². The molecular weight excluding hydrogens is 266 g/mol. The number of hydrogen-bond donors (Lipinski definition) is 2. The van der Waals surface area contributed by atoms with Gasteiger partial charge in [-0.15, -0.1) is 0 Å². The molecule has 2 rings (SSSR count). The van der Waals surface area contributed by atoms with Gasteiger partial charge < -0.3 is 15.6 Å². The van der Waals surface area contributed by atoms with Gasteiger partial charge in [0, 0.05) is 24.2 Å². The molecule has 1 aromatic heterocycles. The van der Waals surface area contributed by atoms with Crippen molar-refractivity contribution in [2.75, 3.05) is 12.3 Å². The first-order valence-corrected chi connectivity index (χ1v) is 7.09. The Bertz CT molecular complexity index is 583. The minimum Gasteiger partial charge on any atom is -0.399 e. The molecule has 0 unspecified atom stereocenters. The Balaban J connectivity index is 1.71. The molecule has 0 aliphatic heterocycles. The summed E-state index contributed by atoms with van der Waals surface area (Å²) in [5.74, 6) is 0.840. The predicted molar refractivity (Wildman–Crippen MR) is 81.9 cm³/mol. The lowest BCUT2D eigenvalue weighted by atomic mass is 10.1. The summed E-state index contributed by atoms with van der Waals surface area (Å²) >= 11 is 0. The van der Waals surface area contributed by atoms with E-state index in [1.54, 1.807) is 0 Å². The number of anilines is 1. The molecule has 21 heavy (non-hydrogen) atoms. The topological polar surface area (TPSA) is 81.2 Å². The summed E-state index contributed by atoms with van der Waals surface area (Å²) in [6.07, 6.45) is 1.91. The van der Waals surface area contributed by atoms with E-state index in [-0.39, 0.29) is 5.91 Å². The summed E-state index contributed by atoms with van der Waals surface area (Å²) in [5.41, 5.74) is 9.44. The number of nitrogen functional groups attached to an aromatic ring is 1. The summed E-state index contributed by atoms with van der Waals surface area (Å²) in [6.45, 7) is 4.39. The van der Waals surface area contributed by atoms with Crippen molar-refractivity contribution in [2.24, 2.45) is 0 Å². The highest BCUT2D eigenvalue weighted by Crippen LogP contribution is 2.14. The van der Waals surface area contributed by atoms with Gasteiger partial charge in [-0.2, -0.15) is 0 Å². The number of amides is 1. The van der Waals surface area contributed by atoms with Gasteiger partial charge in [-0.3, -0.25) is 4.79 Å². The van der Waals surface area contributed by atoms with Crippen LogP contribution in [-0.2, 0) is 17.6 Å². The van der Waals surface area contributed by atoms with E-state index in [0.717, 1.165) is 34.7 Å². The molecular formula is C16H21N3O2. The Morgan fingerprint density at radius 3 is 2.57 bits per heavy atom. The summed E-state index contributed by atoms with van der Waals surface area (Å²) < 4.78 is 5.08. The van der Waals surface area contributed by atoms with Crippen molar-refractivity contribution in [1.82, 2.24) is 10.5 Å². The number of nitrogens with two attached hydrogens (primary N) is 1. The lowest BCUT2D eigenvalue weighted by Crippen LogP contribution is -2.25.